The number of amides is 2. The van der Waals surface area contributed by atoms with Gasteiger partial charge in [-0.2, -0.15) is 0 Å². The van der Waals surface area contributed by atoms with Gasteiger partial charge in [-0.25, -0.2) is 4.98 Å². The largest absolute Gasteiger partial charge is 0.493 e. The van der Waals surface area contributed by atoms with Crippen molar-refractivity contribution in [2.45, 2.75) is 32.7 Å². The summed E-state index contributed by atoms with van der Waals surface area (Å²) in [5.74, 6) is 0.793. The number of anilines is 1. The molecule has 3 heterocycles. The monoisotopic (exact) mass is 378 g/mol. The van der Waals surface area contributed by atoms with Crippen molar-refractivity contribution in [1.29, 1.82) is 0 Å². The third-order valence-corrected chi connectivity index (χ3v) is 5.09. The van der Waals surface area contributed by atoms with Crippen molar-refractivity contribution in [1.82, 2.24) is 14.7 Å². The maximum Gasteiger partial charge on any atom is 0.255 e. The van der Waals surface area contributed by atoms with Gasteiger partial charge in [0.1, 0.15) is 11.6 Å². The molecule has 4 rings (SSSR count). The number of nitrogens with one attached hydrogen (secondary N) is 2. The number of fused-ring (bicyclic) bond motifs is 2. The van der Waals surface area contributed by atoms with Crippen LogP contribution < -0.4 is 15.4 Å². The Labute approximate surface area is 162 Å². The number of hydrogen-bond donors (Lipinski definition) is 2. The van der Waals surface area contributed by atoms with Gasteiger partial charge in [-0.15, -0.1) is 0 Å². The molecule has 2 aromatic heterocycles. The van der Waals surface area contributed by atoms with E-state index in [1.807, 2.05) is 48.7 Å². The molecule has 0 fully saturated rings. The predicted molar refractivity (Wildman–Crippen MR) is 106 cm³/mol. The third kappa shape index (κ3) is 3.09. The first-order valence-electron chi connectivity index (χ1n) is 9.18. The van der Waals surface area contributed by atoms with E-state index in [1.165, 1.54) is 6.92 Å². The normalized spacial score (nSPS) is 18.2. The quantitative estimate of drug-likeness (QED) is 0.734. The molecule has 1 aliphatic rings. The molecule has 28 heavy (non-hydrogen) atoms. The number of carbonyl (C=O) groups excluding carboxylic acids is 2. The van der Waals surface area contributed by atoms with Gasteiger partial charge in [0.15, 0.2) is 5.65 Å². The fourth-order valence-electron chi connectivity index (χ4n) is 3.65. The number of aromatic nitrogens is 2. The van der Waals surface area contributed by atoms with Gasteiger partial charge in [0.25, 0.3) is 5.91 Å². The third-order valence-electron chi connectivity index (χ3n) is 5.09. The highest BCUT2D eigenvalue weighted by Crippen LogP contribution is 2.36. The molecule has 3 aromatic rings. The van der Waals surface area contributed by atoms with Crippen molar-refractivity contribution < 1.29 is 14.3 Å². The predicted octanol–water partition coefficient (Wildman–Crippen LogP) is 3.03. The number of benzene rings is 1. The summed E-state index contributed by atoms with van der Waals surface area (Å²) in [6, 6.07) is 11.3. The zero-order valence-corrected chi connectivity index (χ0v) is 16.1. The number of rotatable bonds is 3. The highest BCUT2D eigenvalue weighted by atomic mass is 16.5. The van der Waals surface area contributed by atoms with Crippen LogP contribution in [0.5, 0.6) is 5.75 Å². The van der Waals surface area contributed by atoms with Crippen LogP contribution >= 0.6 is 0 Å². The number of para-hydroxylation sites is 1. The summed E-state index contributed by atoms with van der Waals surface area (Å²) < 4.78 is 7.56. The first kappa shape index (κ1) is 18.0. The number of aryl methyl sites for hydroxylation is 1. The summed E-state index contributed by atoms with van der Waals surface area (Å²) in [5, 5.41) is 5.85. The van der Waals surface area contributed by atoms with Crippen molar-refractivity contribution >= 4 is 23.3 Å². The first-order valence-corrected chi connectivity index (χ1v) is 9.18. The molecule has 0 radical (unpaired) electrons. The van der Waals surface area contributed by atoms with Crippen LogP contribution in [0, 0.1) is 6.92 Å². The van der Waals surface area contributed by atoms with Crippen LogP contribution in [0.15, 0.2) is 42.6 Å². The van der Waals surface area contributed by atoms with Crippen LogP contribution in [0.4, 0.5) is 5.82 Å². The van der Waals surface area contributed by atoms with E-state index < -0.39 is 5.54 Å². The second-order valence-electron chi connectivity index (χ2n) is 7.27. The van der Waals surface area contributed by atoms with Crippen molar-refractivity contribution in [2.24, 2.45) is 0 Å². The molecular weight excluding hydrogens is 356 g/mol. The van der Waals surface area contributed by atoms with E-state index in [0.717, 1.165) is 17.0 Å². The number of carbonyl (C=O) groups is 2. The van der Waals surface area contributed by atoms with Crippen molar-refractivity contribution in [3.8, 4) is 5.75 Å². The van der Waals surface area contributed by atoms with Crippen LogP contribution in [0.25, 0.3) is 5.65 Å². The molecule has 1 unspecified atom stereocenters. The minimum absolute atomic E-state index is 0.208. The Kier molecular flexibility index (Phi) is 4.30. The Morgan fingerprint density at radius 3 is 2.82 bits per heavy atom. The van der Waals surface area contributed by atoms with Gasteiger partial charge >= 0.3 is 0 Å². The molecule has 144 valence electrons. The second-order valence-corrected chi connectivity index (χ2v) is 7.27. The van der Waals surface area contributed by atoms with Crippen LogP contribution in [0.3, 0.4) is 0 Å². The van der Waals surface area contributed by atoms with Crippen molar-refractivity contribution in [3.63, 3.8) is 0 Å². The fourth-order valence-corrected chi connectivity index (χ4v) is 3.65. The van der Waals surface area contributed by atoms with Crippen molar-refractivity contribution in [2.75, 3.05) is 11.9 Å². The highest BCUT2D eigenvalue weighted by molar-refractivity contribution is 6.01. The molecule has 2 amide bonds. The second kappa shape index (κ2) is 6.67. The number of nitrogens with zero attached hydrogens (tertiary/aromatic N) is 2. The summed E-state index contributed by atoms with van der Waals surface area (Å²) in [6.07, 6.45) is 2.48. The Morgan fingerprint density at radius 1 is 1.25 bits per heavy atom. The van der Waals surface area contributed by atoms with E-state index in [4.69, 9.17) is 4.74 Å². The van der Waals surface area contributed by atoms with Gasteiger partial charge in [0.2, 0.25) is 5.91 Å². The van der Waals surface area contributed by atoms with E-state index in [1.54, 1.807) is 12.1 Å². The van der Waals surface area contributed by atoms with E-state index in [9.17, 15) is 9.59 Å². The van der Waals surface area contributed by atoms with Crippen LogP contribution in [-0.4, -0.2) is 27.8 Å². The number of hydrogen-bond acceptors (Lipinski definition) is 4. The topological polar surface area (TPSA) is 84.7 Å². The summed E-state index contributed by atoms with van der Waals surface area (Å²) in [5.41, 5.74) is 2.26. The Hall–Kier alpha value is -3.35. The van der Waals surface area contributed by atoms with Gasteiger partial charge in [-0.05, 0) is 26.0 Å². The van der Waals surface area contributed by atoms with E-state index in [-0.39, 0.29) is 11.8 Å². The minimum Gasteiger partial charge on any atom is -0.493 e. The lowest BCUT2D eigenvalue weighted by molar-refractivity contribution is -0.114. The van der Waals surface area contributed by atoms with Gasteiger partial charge < -0.3 is 19.8 Å². The lowest BCUT2D eigenvalue weighted by atomic mass is 9.86. The van der Waals surface area contributed by atoms with Gasteiger partial charge in [-0.3, -0.25) is 9.59 Å². The molecule has 0 saturated carbocycles. The zero-order valence-electron chi connectivity index (χ0n) is 16.1. The fraction of sp³-hybridized carbons (Fsp3) is 0.286. The lowest BCUT2D eigenvalue weighted by Crippen LogP contribution is -2.46. The Morgan fingerprint density at radius 2 is 2.04 bits per heavy atom. The lowest BCUT2D eigenvalue weighted by Gasteiger charge is -2.36. The zero-order chi connectivity index (χ0) is 19.9. The molecule has 7 heteroatoms. The Balaban J connectivity index is 1.70. The molecule has 2 N–H and O–H groups in total. The molecule has 7 nitrogen and oxygen atoms in total. The van der Waals surface area contributed by atoms with Gasteiger partial charge in [0.05, 0.1) is 17.7 Å². The maximum absolute atomic E-state index is 13.2. The van der Waals surface area contributed by atoms with Crippen molar-refractivity contribution in [3.05, 3.63) is 59.4 Å². The molecule has 0 spiro atoms. The summed E-state index contributed by atoms with van der Waals surface area (Å²) in [7, 11) is 0. The highest BCUT2D eigenvalue weighted by Gasteiger charge is 2.35. The molecule has 0 bridgehead atoms. The standard InChI is InChI=1S/C21H22N4O3/c1-13-12-18(22-14(2)26)23-19-15(8-10-25(13)19)20(27)24-21(3)9-11-28-17-7-5-4-6-16(17)21/h4-8,10,12H,9,11H2,1-3H3,(H,24,27)(H,22,23,26). The summed E-state index contributed by atoms with van der Waals surface area (Å²) in [4.78, 5) is 29.0. The van der Waals surface area contributed by atoms with E-state index in [0.29, 0.717) is 30.1 Å². The molecule has 1 atom stereocenters. The van der Waals surface area contributed by atoms with Crippen LogP contribution in [0.1, 0.15) is 41.9 Å². The molecule has 0 aliphatic carbocycles. The van der Waals surface area contributed by atoms with E-state index in [2.05, 4.69) is 15.6 Å². The van der Waals surface area contributed by atoms with E-state index >= 15 is 0 Å². The molecular formula is C21H22N4O3. The summed E-state index contributed by atoms with van der Waals surface area (Å²) >= 11 is 0. The molecule has 0 saturated heterocycles. The smallest absolute Gasteiger partial charge is 0.255 e. The van der Waals surface area contributed by atoms with Crippen LogP contribution in [-0.2, 0) is 10.3 Å². The number of ether oxygens (including phenoxy) is 1. The Bertz CT molecular complexity index is 1090. The average Bonchev–Trinajstić information content (AvgIpc) is 3.06. The summed E-state index contributed by atoms with van der Waals surface area (Å²) in [6.45, 7) is 5.87. The molecule has 1 aliphatic heterocycles. The SMILES string of the molecule is CC(=O)Nc1cc(C)n2ccc(C(=O)NC3(C)CCOc4ccccc43)c2n1. The molecule has 1 aromatic carbocycles. The maximum atomic E-state index is 13.2. The minimum atomic E-state index is -0.537. The first-order chi connectivity index (χ1) is 13.4. The van der Waals surface area contributed by atoms with Crippen LogP contribution in [0.2, 0.25) is 0 Å². The van der Waals surface area contributed by atoms with Gasteiger partial charge in [0, 0.05) is 36.9 Å². The van der Waals surface area contributed by atoms with Gasteiger partial charge in [-0.1, -0.05) is 18.2 Å². The average molecular weight is 378 g/mol.